The molecule has 1 fully saturated rings. The molecule has 0 bridgehead atoms. The van der Waals surface area contributed by atoms with E-state index in [2.05, 4.69) is 10.2 Å². The van der Waals surface area contributed by atoms with Crippen LogP contribution in [0, 0.1) is 0 Å². The van der Waals surface area contributed by atoms with Crippen LogP contribution in [0.15, 0.2) is 59.5 Å². The quantitative estimate of drug-likeness (QED) is 0.759. The highest BCUT2D eigenvalue weighted by atomic mass is 32.2. The van der Waals surface area contributed by atoms with Gasteiger partial charge in [-0.2, -0.15) is 4.31 Å². The van der Waals surface area contributed by atoms with Gasteiger partial charge in [-0.3, -0.25) is 4.79 Å². The van der Waals surface area contributed by atoms with Crippen LogP contribution >= 0.6 is 0 Å². The number of sulfonamides is 1. The first-order chi connectivity index (χ1) is 13.5. The van der Waals surface area contributed by atoms with Crippen molar-refractivity contribution in [3.63, 3.8) is 0 Å². The number of hydrogen-bond donors (Lipinski definition) is 1. The Balaban J connectivity index is 1.55. The summed E-state index contributed by atoms with van der Waals surface area (Å²) in [7, 11) is -1.58. The van der Waals surface area contributed by atoms with Crippen molar-refractivity contribution in [2.24, 2.45) is 0 Å². The summed E-state index contributed by atoms with van der Waals surface area (Å²) >= 11 is 0. The van der Waals surface area contributed by atoms with E-state index in [9.17, 15) is 13.2 Å². The number of hydrogen-bond acceptors (Lipinski definition) is 5. The first-order valence-electron chi connectivity index (χ1n) is 9.21. The lowest BCUT2D eigenvalue weighted by molar-refractivity contribution is 0.0730. The van der Waals surface area contributed by atoms with E-state index in [0.717, 1.165) is 5.69 Å². The number of nitrogens with zero attached hydrogens (tertiary/aromatic N) is 2. The van der Waals surface area contributed by atoms with Gasteiger partial charge < -0.3 is 15.0 Å². The van der Waals surface area contributed by atoms with Gasteiger partial charge in [0, 0.05) is 44.5 Å². The molecule has 0 radical (unpaired) electrons. The number of carbonyl (C=O) groups is 1. The molecule has 1 aliphatic rings. The van der Waals surface area contributed by atoms with Crippen molar-refractivity contribution in [3.8, 4) is 0 Å². The highest BCUT2D eigenvalue weighted by molar-refractivity contribution is 7.89. The van der Waals surface area contributed by atoms with E-state index in [1.54, 1.807) is 12.1 Å². The van der Waals surface area contributed by atoms with Crippen LogP contribution in [-0.4, -0.2) is 65.1 Å². The minimum Gasteiger partial charge on any atom is -0.379 e. The lowest BCUT2D eigenvalue weighted by atomic mass is 10.2. The molecular weight excluding hydrogens is 378 g/mol. The number of likely N-dealkylation sites (N-methyl/N-ethyl adjacent to an activating group) is 1. The van der Waals surface area contributed by atoms with Gasteiger partial charge in [0.1, 0.15) is 0 Å². The molecule has 0 unspecified atom stereocenters. The van der Waals surface area contributed by atoms with Crippen LogP contribution in [0.1, 0.15) is 10.4 Å². The largest absolute Gasteiger partial charge is 0.379 e. The van der Waals surface area contributed by atoms with Crippen LogP contribution in [0.25, 0.3) is 0 Å². The van der Waals surface area contributed by atoms with Gasteiger partial charge in [0.25, 0.3) is 5.91 Å². The molecule has 2 aromatic rings. The molecule has 2 aromatic carbocycles. The van der Waals surface area contributed by atoms with Crippen molar-refractivity contribution in [2.45, 2.75) is 4.90 Å². The van der Waals surface area contributed by atoms with Gasteiger partial charge in [0.05, 0.1) is 18.1 Å². The summed E-state index contributed by atoms with van der Waals surface area (Å²) in [5.41, 5.74) is 1.51. The van der Waals surface area contributed by atoms with Crippen molar-refractivity contribution < 1.29 is 17.9 Å². The predicted molar refractivity (Wildman–Crippen MR) is 108 cm³/mol. The zero-order valence-electron chi connectivity index (χ0n) is 15.9. The number of rotatable bonds is 7. The summed E-state index contributed by atoms with van der Waals surface area (Å²) in [6.07, 6.45) is 0. The molecule has 28 heavy (non-hydrogen) atoms. The lowest BCUT2D eigenvalue weighted by Crippen LogP contribution is -2.40. The molecule has 1 aliphatic heterocycles. The molecule has 7 nitrogen and oxygen atoms in total. The number of ether oxygens (including phenoxy) is 1. The second-order valence-corrected chi connectivity index (χ2v) is 8.49. The van der Waals surface area contributed by atoms with Gasteiger partial charge in [-0.05, 0) is 36.4 Å². The number of para-hydroxylation sites is 1. The first-order valence-corrected chi connectivity index (χ1v) is 10.6. The summed E-state index contributed by atoms with van der Waals surface area (Å²) in [6.45, 7) is 2.64. The molecule has 1 heterocycles. The van der Waals surface area contributed by atoms with Crippen molar-refractivity contribution >= 4 is 21.6 Å². The maximum Gasteiger partial charge on any atom is 0.251 e. The SMILES string of the molecule is CN(CCNC(=O)c1ccc(S(=O)(=O)N2CCOCC2)cc1)c1ccccc1. The van der Waals surface area contributed by atoms with E-state index >= 15 is 0 Å². The van der Waals surface area contributed by atoms with E-state index in [-0.39, 0.29) is 10.8 Å². The van der Waals surface area contributed by atoms with Crippen LogP contribution in [0.5, 0.6) is 0 Å². The maximum absolute atomic E-state index is 12.6. The van der Waals surface area contributed by atoms with E-state index in [1.807, 2.05) is 37.4 Å². The third-order valence-electron chi connectivity index (χ3n) is 4.65. The average molecular weight is 404 g/mol. The molecule has 0 aliphatic carbocycles. The Kier molecular flexibility index (Phi) is 6.66. The molecule has 0 atom stereocenters. The maximum atomic E-state index is 12.6. The summed E-state index contributed by atoms with van der Waals surface area (Å²) < 4.78 is 31.8. The average Bonchev–Trinajstić information content (AvgIpc) is 2.75. The Morgan fingerprint density at radius 2 is 1.71 bits per heavy atom. The fraction of sp³-hybridized carbons (Fsp3) is 0.350. The van der Waals surface area contributed by atoms with Crippen LogP contribution in [0.4, 0.5) is 5.69 Å². The zero-order valence-corrected chi connectivity index (χ0v) is 16.7. The Morgan fingerprint density at radius 1 is 1.07 bits per heavy atom. The normalized spacial score (nSPS) is 15.2. The predicted octanol–water partition coefficient (Wildman–Crippen LogP) is 1.57. The molecule has 1 N–H and O–H groups in total. The third kappa shape index (κ3) is 4.89. The second kappa shape index (κ2) is 9.18. The molecule has 3 rings (SSSR count). The van der Waals surface area contributed by atoms with E-state index in [0.29, 0.717) is 45.0 Å². The monoisotopic (exact) mass is 403 g/mol. The molecule has 8 heteroatoms. The van der Waals surface area contributed by atoms with Crippen molar-refractivity contribution in [1.29, 1.82) is 0 Å². The summed E-state index contributed by atoms with van der Waals surface area (Å²) in [5, 5.41) is 2.86. The van der Waals surface area contributed by atoms with Crippen LogP contribution in [0.3, 0.4) is 0 Å². The number of amides is 1. The second-order valence-electron chi connectivity index (χ2n) is 6.55. The van der Waals surface area contributed by atoms with Crippen LogP contribution in [0.2, 0.25) is 0 Å². The Labute approximate surface area is 166 Å². The summed E-state index contributed by atoms with van der Waals surface area (Å²) in [6, 6.07) is 16.0. The molecule has 0 aromatic heterocycles. The van der Waals surface area contributed by atoms with E-state index in [1.165, 1.54) is 16.4 Å². The fourth-order valence-electron chi connectivity index (χ4n) is 2.97. The van der Waals surface area contributed by atoms with Gasteiger partial charge in [0.15, 0.2) is 0 Å². The number of carbonyl (C=O) groups excluding carboxylic acids is 1. The van der Waals surface area contributed by atoms with E-state index in [4.69, 9.17) is 4.74 Å². The topological polar surface area (TPSA) is 79.0 Å². The first kappa shape index (κ1) is 20.3. The van der Waals surface area contributed by atoms with Crippen molar-refractivity contribution in [3.05, 3.63) is 60.2 Å². The van der Waals surface area contributed by atoms with E-state index < -0.39 is 10.0 Å². The van der Waals surface area contributed by atoms with Gasteiger partial charge in [-0.1, -0.05) is 18.2 Å². The molecule has 1 amide bonds. The number of nitrogens with one attached hydrogen (secondary N) is 1. The smallest absolute Gasteiger partial charge is 0.251 e. The number of benzene rings is 2. The van der Waals surface area contributed by atoms with Gasteiger partial charge >= 0.3 is 0 Å². The highest BCUT2D eigenvalue weighted by Gasteiger charge is 2.26. The molecule has 1 saturated heterocycles. The minimum atomic E-state index is -3.55. The molecule has 0 saturated carbocycles. The molecular formula is C20H25N3O4S. The Bertz CT molecular complexity index is 879. The number of morpholine rings is 1. The lowest BCUT2D eigenvalue weighted by Gasteiger charge is -2.26. The third-order valence-corrected chi connectivity index (χ3v) is 6.57. The summed E-state index contributed by atoms with van der Waals surface area (Å²) in [5.74, 6) is -0.225. The molecule has 0 spiro atoms. The van der Waals surface area contributed by atoms with Crippen LogP contribution in [-0.2, 0) is 14.8 Å². The highest BCUT2D eigenvalue weighted by Crippen LogP contribution is 2.17. The Hall–Kier alpha value is -2.42. The summed E-state index contributed by atoms with van der Waals surface area (Å²) in [4.78, 5) is 14.6. The zero-order chi connectivity index (χ0) is 20.0. The fourth-order valence-corrected chi connectivity index (χ4v) is 4.37. The molecule has 150 valence electrons. The van der Waals surface area contributed by atoms with Gasteiger partial charge in [-0.15, -0.1) is 0 Å². The standard InChI is InChI=1S/C20H25N3O4S/c1-22(18-5-3-2-4-6-18)12-11-21-20(24)17-7-9-19(10-8-17)28(25,26)23-13-15-27-16-14-23/h2-10H,11-16H2,1H3,(H,21,24). The van der Waals surface area contributed by atoms with Crippen molar-refractivity contribution in [1.82, 2.24) is 9.62 Å². The number of anilines is 1. The van der Waals surface area contributed by atoms with Gasteiger partial charge in [-0.25, -0.2) is 8.42 Å². The van der Waals surface area contributed by atoms with Crippen molar-refractivity contribution in [2.75, 3.05) is 51.3 Å². The van der Waals surface area contributed by atoms with Gasteiger partial charge in [0.2, 0.25) is 10.0 Å². The Morgan fingerprint density at radius 3 is 2.36 bits per heavy atom. The minimum absolute atomic E-state index is 0.190. The van der Waals surface area contributed by atoms with Crippen LogP contribution < -0.4 is 10.2 Å².